The monoisotopic (exact) mass is 358 g/mol. The Labute approximate surface area is 148 Å². The van der Waals surface area contributed by atoms with Crippen LogP contribution in [0, 0.1) is 0 Å². The minimum absolute atomic E-state index is 0.161. The van der Waals surface area contributed by atoms with Gasteiger partial charge in [0.05, 0.1) is 17.8 Å². The first-order chi connectivity index (χ1) is 12.3. The highest BCUT2D eigenvalue weighted by atomic mass is 35.5. The highest BCUT2D eigenvalue weighted by Gasteiger charge is 2.19. The molecule has 1 aliphatic rings. The van der Waals surface area contributed by atoms with Crippen molar-refractivity contribution in [1.82, 2.24) is 15.0 Å². The van der Waals surface area contributed by atoms with Crippen molar-refractivity contribution < 1.29 is 14.2 Å². The number of halogens is 1. The van der Waals surface area contributed by atoms with Crippen LogP contribution >= 0.6 is 11.6 Å². The van der Waals surface area contributed by atoms with Gasteiger partial charge in [-0.2, -0.15) is 0 Å². The van der Waals surface area contributed by atoms with Gasteiger partial charge in [0, 0.05) is 23.5 Å². The minimum Gasteiger partial charge on any atom is -0.493 e. The second kappa shape index (κ2) is 6.98. The summed E-state index contributed by atoms with van der Waals surface area (Å²) in [5, 5.41) is 4.14. The molecule has 1 aliphatic heterocycles. The second-order valence-electron chi connectivity index (χ2n) is 5.32. The fourth-order valence-corrected chi connectivity index (χ4v) is 2.62. The topological polar surface area (TPSA) is 78.4 Å². The predicted molar refractivity (Wildman–Crippen MR) is 94.0 cm³/mol. The van der Waals surface area contributed by atoms with Crippen LogP contribution in [0.2, 0.25) is 0 Å². The van der Waals surface area contributed by atoms with Crippen LogP contribution in [-0.4, -0.2) is 34.2 Å². The lowest BCUT2D eigenvalue weighted by atomic mass is 10.2. The lowest BCUT2D eigenvalue weighted by Gasteiger charge is -2.11. The highest BCUT2D eigenvalue weighted by Crippen LogP contribution is 2.38. The molecule has 1 N–H and O–H groups in total. The van der Waals surface area contributed by atoms with E-state index in [-0.39, 0.29) is 6.79 Å². The van der Waals surface area contributed by atoms with Crippen molar-refractivity contribution in [2.75, 3.05) is 24.6 Å². The maximum atomic E-state index is 5.67. The summed E-state index contributed by atoms with van der Waals surface area (Å²) < 4.78 is 16.4. The summed E-state index contributed by atoms with van der Waals surface area (Å²) in [6.45, 7) is 0.736. The SMILES string of the molecule is ClCCCOc1ccc2c(Nc3ccnc4c3OCO4)ncnc2c1. The number of anilines is 2. The first kappa shape index (κ1) is 15.7. The highest BCUT2D eigenvalue weighted by molar-refractivity contribution is 6.17. The Balaban J connectivity index is 1.63. The summed E-state index contributed by atoms with van der Waals surface area (Å²) >= 11 is 5.67. The molecule has 7 nitrogen and oxygen atoms in total. The lowest BCUT2D eigenvalue weighted by Crippen LogP contribution is -2.00. The fourth-order valence-electron chi connectivity index (χ4n) is 2.51. The standard InChI is InChI=1S/C17H15ClN4O3/c18-5-1-7-23-11-2-3-12-14(8-11)20-9-21-16(12)22-13-4-6-19-17-15(13)24-10-25-17/h2-4,6,8-9H,1,5,7,10H2,(H,19,20,21,22). The number of nitrogens with zero attached hydrogens (tertiary/aromatic N) is 3. The molecular formula is C17H15ClN4O3. The molecule has 3 aromatic rings. The van der Waals surface area contributed by atoms with Crippen LogP contribution in [0.3, 0.4) is 0 Å². The summed E-state index contributed by atoms with van der Waals surface area (Å²) in [6.07, 6.45) is 3.96. The number of hydrogen-bond donors (Lipinski definition) is 1. The molecule has 0 saturated heterocycles. The van der Waals surface area contributed by atoms with Crippen molar-refractivity contribution in [2.24, 2.45) is 0 Å². The van der Waals surface area contributed by atoms with Crippen LogP contribution in [0.15, 0.2) is 36.8 Å². The Hall–Kier alpha value is -2.80. The van der Waals surface area contributed by atoms with Crippen molar-refractivity contribution in [2.45, 2.75) is 6.42 Å². The number of alkyl halides is 1. The molecule has 0 radical (unpaired) electrons. The van der Waals surface area contributed by atoms with Crippen LogP contribution in [-0.2, 0) is 0 Å². The van der Waals surface area contributed by atoms with Crippen molar-refractivity contribution in [1.29, 1.82) is 0 Å². The molecular weight excluding hydrogens is 344 g/mol. The van der Waals surface area contributed by atoms with Gasteiger partial charge in [-0.05, 0) is 24.6 Å². The van der Waals surface area contributed by atoms with Gasteiger partial charge in [-0.25, -0.2) is 15.0 Å². The number of rotatable bonds is 6. The summed E-state index contributed by atoms with van der Waals surface area (Å²) in [4.78, 5) is 12.8. The van der Waals surface area contributed by atoms with Crippen molar-refractivity contribution in [3.05, 3.63) is 36.8 Å². The Morgan fingerprint density at radius 1 is 1.16 bits per heavy atom. The van der Waals surface area contributed by atoms with Crippen LogP contribution < -0.4 is 19.5 Å². The van der Waals surface area contributed by atoms with E-state index in [2.05, 4.69) is 20.3 Å². The van der Waals surface area contributed by atoms with Gasteiger partial charge in [0.1, 0.15) is 17.9 Å². The van der Waals surface area contributed by atoms with Gasteiger partial charge in [0.15, 0.2) is 0 Å². The molecule has 0 aliphatic carbocycles. The third-order valence-corrected chi connectivity index (χ3v) is 3.95. The van der Waals surface area contributed by atoms with Gasteiger partial charge >= 0.3 is 0 Å². The first-order valence-corrected chi connectivity index (χ1v) is 8.34. The molecule has 25 heavy (non-hydrogen) atoms. The average molecular weight is 359 g/mol. The van der Waals surface area contributed by atoms with Gasteiger partial charge in [-0.15, -0.1) is 11.6 Å². The largest absolute Gasteiger partial charge is 0.493 e. The van der Waals surface area contributed by atoms with Gasteiger partial charge in [0.2, 0.25) is 12.5 Å². The van der Waals surface area contributed by atoms with E-state index in [9.17, 15) is 0 Å². The number of nitrogens with one attached hydrogen (secondary N) is 1. The molecule has 0 unspecified atom stereocenters. The number of pyridine rings is 1. The van der Waals surface area contributed by atoms with E-state index >= 15 is 0 Å². The first-order valence-electron chi connectivity index (χ1n) is 7.80. The normalized spacial score (nSPS) is 12.4. The maximum Gasteiger partial charge on any atom is 0.262 e. The fraction of sp³-hybridized carbons (Fsp3) is 0.235. The molecule has 0 amide bonds. The average Bonchev–Trinajstić information content (AvgIpc) is 3.12. The summed E-state index contributed by atoms with van der Waals surface area (Å²) in [6, 6.07) is 7.51. The van der Waals surface area contributed by atoms with Crippen molar-refractivity contribution >= 4 is 34.0 Å². The lowest BCUT2D eigenvalue weighted by molar-refractivity contribution is 0.171. The molecule has 0 saturated carbocycles. The molecule has 1 aromatic carbocycles. The van der Waals surface area contributed by atoms with Gasteiger partial charge in [-0.3, -0.25) is 0 Å². The van der Waals surface area contributed by atoms with Crippen LogP contribution in [0.25, 0.3) is 10.9 Å². The zero-order valence-corrected chi connectivity index (χ0v) is 14.0. The Morgan fingerprint density at radius 3 is 3.04 bits per heavy atom. The van der Waals surface area contributed by atoms with Gasteiger partial charge in [-0.1, -0.05) is 0 Å². The van der Waals surface area contributed by atoms with Crippen LogP contribution in [0.4, 0.5) is 11.5 Å². The molecule has 4 rings (SSSR count). The van der Waals surface area contributed by atoms with Crippen molar-refractivity contribution in [3.63, 3.8) is 0 Å². The van der Waals surface area contributed by atoms with E-state index in [1.807, 2.05) is 24.3 Å². The van der Waals surface area contributed by atoms with E-state index in [4.69, 9.17) is 25.8 Å². The number of hydrogen-bond acceptors (Lipinski definition) is 7. The smallest absolute Gasteiger partial charge is 0.262 e. The summed E-state index contributed by atoms with van der Waals surface area (Å²) in [5.41, 5.74) is 1.52. The van der Waals surface area contributed by atoms with E-state index in [0.717, 1.165) is 28.8 Å². The zero-order valence-electron chi connectivity index (χ0n) is 13.2. The zero-order chi connectivity index (χ0) is 17.1. The summed E-state index contributed by atoms with van der Waals surface area (Å²) in [5.74, 6) is 3.05. The molecule has 0 bridgehead atoms. The Kier molecular flexibility index (Phi) is 4.39. The third-order valence-electron chi connectivity index (χ3n) is 3.68. The van der Waals surface area contributed by atoms with Gasteiger partial charge < -0.3 is 19.5 Å². The Bertz CT molecular complexity index is 906. The maximum absolute atomic E-state index is 5.67. The molecule has 8 heteroatoms. The molecule has 3 heterocycles. The van der Waals surface area contributed by atoms with Gasteiger partial charge in [0.25, 0.3) is 5.88 Å². The van der Waals surface area contributed by atoms with E-state index in [1.54, 1.807) is 6.20 Å². The Morgan fingerprint density at radius 2 is 2.12 bits per heavy atom. The molecule has 0 spiro atoms. The van der Waals surface area contributed by atoms with Crippen LogP contribution in [0.1, 0.15) is 6.42 Å². The van der Waals surface area contributed by atoms with E-state index in [1.165, 1.54) is 6.33 Å². The summed E-state index contributed by atoms with van der Waals surface area (Å²) in [7, 11) is 0. The third kappa shape index (κ3) is 3.23. The van der Waals surface area contributed by atoms with E-state index < -0.39 is 0 Å². The number of fused-ring (bicyclic) bond motifs is 2. The minimum atomic E-state index is 0.161. The molecule has 0 fully saturated rings. The van der Waals surface area contributed by atoms with Crippen molar-refractivity contribution in [3.8, 4) is 17.4 Å². The number of benzene rings is 1. The molecule has 128 valence electrons. The quantitative estimate of drug-likeness (QED) is 0.533. The number of ether oxygens (including phenoxy) is 3. The molecule has 2 aromatic heterocycles. The van der Waals surface area contributed by atoms with E-state index in [0.29, 0.717) is 29.9 Å². The predicted octanol–water partition coefficient (Wildman–Crippen LogP) is 3.50. The van der Waals surface area contributed by atoms with Crippen LogP contribution in [0.5, 0.6) is 17.4 Å². The second-order valence-corrected chi connectivity index (χ2v) is 5.69. The molecule has 0 atom stereocenters. The number of aromatic nitrogens is 3.